The fourth-order valence-corrected chi connectivity index (χ4v) is 3.64. The van der Waals surface area contributed by atoms with Gasteiger partial charge in [0.2, 0.25) is 0 Å². The van der Waals surface area contributed by atoms with Crippen LogP contribution in [0.25, 0.3) is 22.4 Å². The van der Waals surface area contributed by atoms with E-state index in [4.69, 9.17) is 14.0 Å². The first kappa shape index (κ1) is 23.7. The molecule has 0 unspecified atom stereocenters. The highest BCUT2D eigenvalue weighted by atomic mass is 16.5. The number of nitrogens with zero attached hydrogens (tertiary/aromatic N) is 2. The Kier molecular flexibility index (Phi) is 7.25. The highest BCUT2D eigenvalue weighted by molar-refractivity contribution is 6.07. The van der Waals surface area contributed by atoms with Gasteiger partial charge in [0.15, 0.2) is 18.1 Å². The van der Waals surface area contributed by atoms with Crippen LogP contribution in [0.4, 0.5) is 0 Å². The number of carbonyl (C=O) groups is 2. The maximum absolute atomic E-state index is 13.2. The van der Waals surface area contributed by atoms with Gasteiger partial charge in [-0.15, -0.1) is 0 Å². The number of benzene rings is 2. The van der Waals surface area contributed by atoms with Crippen molar-refractivity contribution in [2.45, 2.75) is 20.4 Å². The molecule has 0 bridgehead atoms. The number of nitrogens with one attached hydrogen (secondary N) is 2. The van der Waals surface area contributed by atoms with Gasteiger partial charge in [0.1, 0.15) is 0 Å². The molecule has 0 radical (unpaired) electrons. The minimum atomic E-state index is -0.281. The first-order valence-electron chi connectivity index (χ1n) is 11.2. The molecule has 2 N–H and O–H groups in total. The molecule has 0 atom stereocenters. The van der Waals surface area contributed by atoms with Crippen LogP contribution in [0.5, 0.6) is 11.5 Å². The van der Waals surface area contributed by atoms with Gasteiger partial charge in [0.05, 0.1) is 29.4 Å². The molecule has 4 rings (SSSR count). The van der Waals surface area contributed by atoms with Crippen LogP contribution in [0.1, 0.15) is 28.5 Å². The molecule has 35 heavy (non-hydrogen) atoms. The molecule has 2 aromatic heterocycles. The molecular weight excluding hydrogens is 448 g/mol. The normalized spacial score (nSPS) is 10.7. The van der Waals surface area contributed by atoms with Gasteiger partial charge in [0.25, 0.3) is 17.5 Å². The number of ether oxygens (including phenoxy) is 2. The molecule has 0 saturated carbocycles. The lowest BCUT2D eigenvalue weighted by molar-refractivity contribution is -0.123. The third kappa shape index (κ3) is 5.40. The summed E-state index contributed by atoms with van der Waals surface area (Å²) < 4.78 is 16.3. The van der Waals surface area contributed by atoms with Crippen molar-refractivity contribution in [1.82, 2.24) is 20.8 Å². The molecule has 4 aromatic rings. The number of pyridine rings is 1. The summed E-state index contributed by atoms with van der Waals surface area (Å²) in [6, 6.07) is 16.6. The Balaban J connectivity index is 1.53. The van der Waals surface area contributed by atoms with Crippen molar-refractivity contribution < 1.29 is 23.6 Å². The minimum absolute atomic E-state index is 0.111. The summed E-state index contributed by atoms with van der Waals surface area (Å²) in [5.41, 5.74) is 3.62. The van der Waals surface area contributed by atoms with E-state index < -0.39 is 0 Å². The van der Waals surface area contributed by atoms with Crippen LogP contribution in [0.15, 0.2) is 59.1 Å². The second-order valence-corrected chi connectivity index (χ2v) is 7.78. The molecule has 0 aliphatic heterocycles. The van der Waals surface area contributed by atoms with E-state index in [9.17, 15) is 9.59 Å². The van der Waals surface area contributed by atoms with Crippen molar-refractivity contribution in [3.8, 4) is 22.8 Å². The fraction of sp³-hybridized carbons (Fsp3) is 0.231. The number of hydrogen-bond acceptors (Lipinski definition) is 7. The largest absolute Gasteiger partial charge is 0.493 e. The molecule has 9 nitrogen and oxygen atoms in total. The van der Waals surface area contributed by atoms with Crippen molar-refractivity contribution in [3.63, 3.8) is 0 Å². The van der Waals surface area contributed by atoms with Crippen molar-refractivity contribution >= 4 is 22.9 Å². The SMILES string of the molecule is CCNC(=O)COc1ccc(CNC(=O)c2cc(-c3ccccc3)nc3onc(C)c23)cc1OC. The molecule has 2 aromatic carbocycles. The van der Waals surface area contributed by atoms with E-state index >= 15 is 0 Å². The van der Waals surface area contributed by atoms with Gasteiger partial charge in [-0.1, -0.05) is 41.6 Å². The fourth-order valence-electron chi connectivity index (χ4n) is 3.64. The number of carbonyl (C=O) groups excluding carboxylic acids is 2. The van der Waals surface area contributed by atoms with Crippen molar-refractivity contribution in [3.05, 3.63) is 71.4 Å². The van der Waals surface area contributed by atoms with Crippen molar-refractivity contribution in [2.24, 2.45) is 0 Å². The lowest BCUT2D eigenvalue weighted by Crippen LogP contribution is -2.28. The number of methoxy groups -OCH3 is 1. The monoisotopic (exact) mass is 474 g/mol. The maximum Gasteiger partial charge on any atom is 0.259 e. The van der Waals surface area contributed by atoms with Gasteiger partial charge in [-0.3, -0.25) is 9.59 Å². The Morgan fingerprint density at radius 1 is 1.03 bits per heavy atom. The zero-order valence-electron chi connectivity index (χ0n) is 19.8. The number of amides is 2. The van der Waals surface area contributed by atoms with Crippen LogP contribution in [0, 0.1) is 6.92 Å². The summed E-state index contributed by atoms with van der Waals surface area (Å²) in [7, 11) is 1.52. The molecular formula is C26H26N4O5. The van der Waals surface area contributed by atoms with Gasteiger partial charge in [0, 0.05) is 18.7 Å². The molecule has 0 spiro atoms. The van der Waals surface area contributed by atoms with E-state index in [1.807, 2.05) is 37.3 Å². The summed E-state index contributed by atoms with van der Waals surface area (Å²) in [5.74, 6) is 0.413. The van der Waals surface area contributed by atoms with Crippen molar-refractivity contribution in [2.75, 3.05) is 20.3 Å². The molecule has 2 amide bonds. The zero-order valence-corrected chi connectivity index (χ0v) is 19.8. The van der Waals surface area contributed by atoms with E-state index in [0.717, 1.165) is 11.1 Å². The molecule has 9 heteroatoms. The van der Waals surface area contributed by atoms with Crippen LogP contribution < -0.4 is 20.1 Å². The predicted octanol–water partition coefficient (Wildman–Crippen LogP) is 3.65. The highest BCUT2D eigenvalue weighted by Gasteiger charge is 2.19. The maximum atomic E-state index is 13.2. The molecule has 0 fully saturated rings. The average Bonchev–Trinajstić information content (AvgIpc) is 3.27. The first-order valence-corrected chi connectivity index (χ1v) is 11.2. The van der Waals surface area contributed by atoms with E-state index in [-0.39, 0.29) is 25.0 Å². The Labute approximate surface area is 202 Å². The van der Waals surface area contributed by atoms with Crippen LogP contribution in [-0.2, 0) is 11.3 Å². The Morgan fingerprint density at radius 3 is 2.57 bits per heavy atom. The molecule has 0 aliphatic rings. The number of aromatic nitrogens is 2. The van der Waals surface area contributed by atoms with Gasteiger partial charge in [-0.25, -0.2) is 4.98 Å². The summed E-state index contributed by atoms with van der Waals surface area (Å²) >= 11 is 0. The topological polar surface area (TPSA) is 116 Å². The van der Waals surface area contributed by atoms with E-state index in [2.05, 4.69) is 20.8 Å². The van der Waals surface area contributed by atoms with E-state index in [1.165, 1.54) is 7.11 Å². The predicted molar refractivity (Wildman–Crippen MR) is 130 cm³/mol. The molecule has 0 aliphatic carbocycles. The van der Waals surface area contributed by atoms with Gasteiger partial charge >= 0.3 is 0 Å². The first-order chi connectivity index (χ1) is 17.0. The number of likely N-dealkylation sites (N-methyl/N-ethyl adjacent to an activating group) is 1. The van der Waals surface area contributed by atoms with Gasteiger partial charge in [-0.2, -0.15) is 0 Å². The third-order valence-corrected chi connectivity index (χ3v) is 5.35. The third-order valence-electron chi connectivity index (χ3n) is 5.35. The van der Waals surface area contributed by atoms with Crippen LogP contribution in [0.2, 0.25) is 0 Å². The van der Waals surface area contributed by atoms with Crippen LogP contribution >= 0.6 is 0 Å². The zero-order chi connectivity index (χ0) is 24.8. The highest BCUT2D eigenvalue weighted by Crippen LogP contribution is 2.29. The van der Waals surface area contributed by atoms with Crippen LogP contribution in [-0.4, -0.2) is 42.2 Å². The average molecular weight is 475 g/mol. The van der Waals surface area contributed by atoms with E-state index in [0.29, 0.717) is 46.1 Å². The van der Waals surface area contributed by atoms with Crippen LogP contribution in [0.3, 0.4) is 0 Å². The summed E-state index contributed by atoms with van der Waals surface area (Å²) in [6.45, 7) is 4.28. The van der Waals surface area contributed by atoms with Crippen molar-refractivity contribution in [1.29, 1.82) is 0 Å². The molecule has 2 heterocycles. The lowest BCUT2D eigenvalue weighted by atomic mass is 10.0. The molecule has 180 valence electrons. The summed E-state index contributed by atoms with van der Waals surface area (Å²) in [5, 5.41) is 10.2. The number of rotatable bonds is 9. The van der Waals surface area contributed by atoms with Gasteiger partial charge < -0.3 is 24.6 Å². The number of aryl methyl sites for hydroxylation is 1. The smallest absolute Gasteiger partial charge is 0.259 e. The quantitative estimate of drug-likeness (QED) is 0.380. The number of hydrogen-bond donors (Lipinski definition) is 2. The van der Waals surface area contributed by atoms with E-state index in [1.54, 1.807) is 31.2 Å². The second-order valence-electron chi connectivity index (χ2n) is 7.78. The number of fused-ring (bicyclic) bond motifs is 1. The summed E-state index contributed by atoms with van der Waals surface area (Å²) in [4.78, 5) is 29.4. The Morgan fingerprint density at radius 2 is 1.83 bits per heavy atom. The molecule has 0 saturated heterocycles. The standard InChI is InChI=1S/C26H26N4O5/c1-4-27-23(31)15-34-21-11-10-17(12-22(21)33-3)14-28-25(32)19-13-20(18-8-6-5-7-9-18)29-26-24(19)16(2)30-35-26/h5-13H,4,14-15H2,1-3H3,(H,27,31)(H,28,32). The summed E-state index contributed by atoms with van der Waals surface area (Å²) in [6.07, 6.45) is 0. The van der Waals surface area contributed by atoms with Gasteiger partial charge in [-0.05, 0) is 37.6 Å². The second kappa shape index (κ2) is 10.7. The lowest BCUT2D eigenvalue weighted by Gasteiger charge is -2.13. The Hall–Kier alpha value is -4.40. The Bertz CT molecular complexity index is 1350. The minimum Gasteiger partial charge on any atom is -0.493 e.